The van der Waals surface area contributed by atoms with Crippen LogP contribution in [0.1, 0.15) is 21.5 Å². The molecule has 0 atom stereocenters. The third-order valence-corrected chi connectivity index (χ3v) is 5.21. The van der Waals surface area contributed by atoms with Gasteiger partial charge in [-0.15, -0.1) is 0 Å². The predicted octanol–water partition coefficient (Wildman–Crippen LogP) is 6.33. The Morgan fingerprint density at radius 1 is 0.926 bits per heavy atom. The number of rotatable bonds is 4. The number of ether oxygens (including phenoxy) is 1. The molecule has 136 valence electrons. The van der Waals surface area contributed by atoms with Crippen LogP contribution in [0.15, 0.2) is 54.6 Å². The summed E-state index contributed by atoms with van der Waals surface area (Å²) in [6, 6.07) is 16.5. The van der Waals surface area contributed by atoms with E-state index in [9.17, 15) is 9.90 Å². The maximum absolute atomic E-state index is 11.4. The van der Waals surface area contributed by atoms with Gasteiger partial charge in [-0.3, -0.25) is 0 Å². The molecule has 4 nitrogen and oxygen atoms in total. The van der Waals surface area contributed by atoms with Gasteiger partial charge in [0.2, 0.25) is 0 Å². The number of carboxylic acids is 1. The van der Waals surface area contributed by atoms with Crippen molar-refractivity contribution >= 4 is 40.5 Å². The van der Waals surface area contributed by atoms with E-state index in [0.29, 0.717) is 27.2 Å². The predicted molar refractivity (Wildman–Crippen MR) is 107 cm³/mol. The molecule has 0 saturated carbocycles. The zero-order valence-electron chi connectivity index (χ0n) is 14.1. The molecule has 27 heavy (non-hydrogen) atoms. The first-order chi connectivity index (χ1) is 13.0. The van der Waals surface area contributed by atoms with Gasteiger partial charge in [-0.25, -0.2) is 4.79 Å². The van der Waals surface area contributed by atoms with Gasteiger partial charge in [-0.1, -0.05) is 41.4 Å². The highest BCUT2D eigenvalue weighted by molar-refractivity contribution is 6.42. The first kappa shape index (κ1) is 17.7. The maximum Gasteiger partial charge on any atom is 0.337 e. The minimum absolute atomic E-state index is 0.182. The van der Waals surface area contributed by atoms with E-state index in [4.69, 9.17) is 27.9 Å². The Bertz CT molecular complexity index is 1050. The van der Waals surface area contributed by atoms with Crippen LogP contribution in [-0.4, -0.2) is 11.1 Å². The number of nitrogens with one attached hydrogen (secondary N) is 1. The van der Waals surface area contributed by atoms with Gasteiger partial charge >= 0.3 is 5.97 Å². The summed E-state index contributed by atoms with van der Waals surface area (Å²) >= 11 is 12.0. The van der Waals surface area contributed by atoms with Crippen LogP contribution in [0.25, 0.3) is 0 Å². The van der Waals surface area contributed by atoms with Gasteiger partial charge in [0.1, 0.15) is 0 Å². The molecule has 0 aromatic heterocycles. The van der Waals surface area contributed by atoms with Gasteiger partial charge in [-0.05, 0) is 60.4 Å². The van der Waals surface area contributed by atoms with Crippen molar-refractivity contribution in [3.05, 3.63) is 81.3 Å². The molecular formula is C21H15Cl2NO3. The molecule has 3 aromatic carbocycles. The number of carboxylic acid groups (broad SMARTS) is 1. The van der Waals surface area contributed by atoms with E-state index in [-0.39, 0.29) is 5.56 Å². The zero-order valence-corrected chi connectivity index (χ0v) is 15.6. The average Bonchev–Trinajstić information content (AvgIpc) is 2.66. The summed E-state index contributed by atoms with van der Waals surface area (Å²) in [7, 11) is 0. The monoisotopic (exact) mass is 399 g/mol. The molecule has 0 spiro atoms. The number of para-hydroxylation sites is 1. The Labute approximate surface area is 166 Å². The van der Waals surface area contributed by atoms with Crippen molar-refractivity contribution in [2.45, 2.75) is 12.8 Å². The lowest BCUT2D eigenvalue weighted by Crippen LogP contribution is -2.09. The fourth-order valence-electron chi connectivity index (χ4n) is 3.07. The summed E-state index contributed by atoms with van der Waals surface area (Å²) < 4.78 is 5.93. The largest absolute Gasteiger partial charge is 0.478 e. The minimum atomic E-state index is -0.996. The third-order valence-electron chi connectivity index (χ3n) is 4.47. The molecule has 0 fully saturated rings. The van der Waals surface area contributed by atoms with Crippen molar-refractivity contribution in [3.63, 3.8) is 0 Å². The van der Waals surface area contributed by atoms with Crippen LogP contribution in [-0.2, 0) is 12.8 Å². The Balaban J connectivity index is 1.54. The van der Waals surface area contributed by atoms with Crippen LogP contribution in [0, 0.1) is 0 Å². The molecule has 0 aliphatic carbocycles. The summed E-state index contributed by atoms with van der Waals surface area (Å²) in [6.45, 7) is 0. The molecule has 1 heterocycles. The first-order valence-electron chi connectivity index (χ1n) is 8.39. The molecule has 0 unspecified atom stereocenters. The van der Waals surface area contributed by atoms with Gasteiger partial charge in [0.05, 0.1) is 27.0 Å². The van der Waals surface area contributed by atoms with Crippen LogP contribution < -0.4 is 10.1 Å². The lowest BCUT2D eigenvalue weighted by Gasteiger charge is -2.23. The number of aryl methyl sites for hydroxylation is 2. The minimum Gasteiger partial charge on any atom is -0.478 e. The lowest BCUT2D eigenvalue weighted by molar-refractivity contribution is 0.0697. The van der Waals surface area contributed by atoms with Crippen molar-refractivity contribution in [1.82, 2.24) is 0 Å². The molecule has 1 aliphatic heterocycles. The number of fused-ring (bicyclic) bond motifs is 2. The number of benzene rings is 3. The molecule has 0 amide bonds. The number of anilines is 2. The van der Waals surface area contributed by atoms with E-state index in [1.54, 1.807) is 24.3 Å². The van der Waals surface area contributed by atoms with Gasteiger partial charge in [0.15, 0.2) is 11.5 Å². The molecule has 0 radical (unpaired) electrons. The SMILES string of the molecule is O=C(O)c1cccc2c1Nc1ccc(CCc3ccc(Cl)c(Cl)c3)cc1O2. The summed E-state index contributed by atoms with van der Waals surface area (Å²) in [5, 5.41) is 13.6. The first-order valence-corrected chi connectivity index (χ1v) is 9.15. The Morgan fingerprint density at radius 3 is 2.41 bits per heavy atom. The highest BCUT2D eigenvalue weighted by Gasteiger charge is 2.22. The second-order valence-electron chi connectivity index (χ2n) is 6.29. The Hall–Kier alpha value is -2.69. The van der Waals surface area contributed by atoms with E-state index in [1.807, 2.05) is 30.3 Å². The normalized spacial score (nSPS) is 11.8. The summed E-state index contributed by atoms with van der Waals surface area (Å²) in [5.74, 6) is 0.186. The highest BCUT2D eigenvalue weighted by Crippen LogP contribution is 2.43. The Kier molecular flexibility index (Phi) is 4.68. The van der Waals surface area contributed by atoms with Crippen molar-refractivity contribution in [1.29, 1.82) is 0 Å². The summed E-state index contributed by atoms with van der Waals surface area (Å²) in [5.41, 5.74) is 3.62. The standard InChI is InChI=1S/C21H15Cl2NO3/c22-15-8-6-12(10-16(15)23)4-5-13-7-9-17-19(11-13)27-18-3-1-2-14(21(25)26)20(18)24-17/h1-3,6-11,24H,4-5H2,(H,25,26). The van der Waals surface area contributed by atoms with Crippen molar-refractivity contribution in [2.24, 2.45) is 0 Å². The van der Waals surface area contributed by atoms with E-state index in [2.05, 4.69) is 5.32 Å². The van der Waals surface area contributed by atoms with E-state index >= 15 is 0 Å². The van der Waals surface area contributed by atoms with Gasteiger partial charge in [0.25, 0.3) is 0 Å². The summed E-state index contributed by atoms with van der Waals surface area (Å²) in [6.07, 6.45) is 1.64. The number of carbonyl (C=O) groups is 1. The van der Waals surface area contributed by atoms with Crippen molar-refractivity contribution in [2.75, 3.05) is 5.32 Å². The van der Waals surface area contributed by atoms with Crippen molar-refractivity contribution in [3.8, 4) is 11.5 Å². The van der Waals surface area contributed by atoms with Gasteiger partial charge in [-0.2, -0.15) is 0 Å². The fourth-order valence-corrected chi connectivity index (χ4v) is 3.39. The molecule has 4 rings (SSSR count). The molecule has 0 bridgehead atoms. The van der Waals surface area contributed by atoms with Gasteiger partial charge in [0, 0.05) is 0 Å². The molecule has 2 N–H and O–H groups in total. The van der Waals surface area contributed by atoms with Gasteiger partial charge < -0.3 is 15.2 Å². The molecule has 1 aliphatic rings. The zero-order chi connectivity index (χ0) is 19.0. The fraction of sp³-hybridized carbons (Fsp3) is 0.0952. The lowest BCUT2D eigenvalue weighted by atomic mass is 10.0. The number of halogens is 2. The van der Waals surface area contributed by atoms with Crippen LogP contribution in [0.2, 0.25) is 10.0 Å². The van der Waals surface area contributed by atoms with Crippen LogP contribution in [0.5, 0.6) is 11.5 Å². The molecular weight excluding hydrogens is 385 g/mol. The average molecular weight is 400 g/mol. The second-order valence-corrected chi connectivity index (χ2v) is 7.10. The van der Waals surface area contributed by atoms with Crippen LogP contribution in [0.3, 0.4) is 0 Å². The van der Waals surface area contributed by atoms with E-state index < -0.39 is 5.97 Å². The Morgan fingerprint density at radius 2 is 1.67 bits per heavy atom. The topological polar surface area (TPSA) is 58.6 Å². The number of hydrogen-bond acceptors (Lipinski definition) is 3. The maximum atomic E-state index is 11.4. The smallest absolute Gasteiger partial charge is 0.337 e. The van der Waals surface area contributed by atoms with Crippen LogP contribution >= 0.6 is 23.2 Å². The van der Waals surface area contributed by atoms with E-state index in [1.165, 1.54) is 0 Å². The van der Waals surface area contributed by atoms with E-state index in [0.717, 1.165) is 29.7 Å². The van der Waals surface area contributed by atoms with Crippen LogP contribution in [0.4, 0.5) is 11.4 Å². The molecule has 3 aromatic rings. The number of aromatic carboxylic acids is 1. The second kappa shape index (κ2) is 7.14. The third kappa shape index (κ3) is 3.59. The number of hydrogen-bond donors (Lipinski definition) is 2. The quantitative estimate of drug-likeness (QED) is 0.421. The summed E-state index contributed by atoms with van der Waals surface area (Å²) in [4.78, 5) is 11.4. The molecule has 0 saturated heterocycles. The van der Waals surface area contributed by atoms with Crippen molar-refractivity contribution < 1.29 is 14.6 Å². The highest BCUT2D eigenvalue weighted by atomic mass is 35.5. The molecule has 6 heteroatoms.